The molecule has 3 N–H and O–H groups in total. The Labute approximate surface area is 115 Å². The normalized spacial score (nSPS) is 12.6. The Morgan fingerprint density at radius 2 is 2.00 bits per heavy atom. The Balaban J connectivity index is 4.26. The van der Waals surface area contributed by atoms with E-state index in [1.807, 2.05) is 25.8 Å². The Kier molecular flexibility index (Phi) is 9.16. The van der Waals surface area contributed by atoms with E-state index in [1.54, 1.807) is 0 Å². The van der Waals surface area contributed by atoms with Crippen molar-refractivity contribution in [2.45, 2.75) is 32.7 Å². The largest absolute Gasteiger partial charge is 0.467 e. The van der Waals surface area contributed by atoms with Crippen molar-refractivity contribution in [1.82, 2.24) is 10.2 Å². The quantitative estimate of drug-likeness (QED) is 0.576. The van der Waals surface area contributed by atoms with Gasteiger partial charge in [-0.05, 0) is 38.9 Å². The zero-order valence-electron chi connectivity index (χ0n) is 12.4. The Hall–Kier alpha value is -1.14. The first kappa shape index (κ1) is 17.9. The van der Waals surface area contributed by atoms with Crippen molar-refractivity contribution in [3.63, 3.8) is 0 Å². The van der Waals surface area contributed by atoms with E-state index < -0.39 is 12.0 Å². The van der Waals surface area contributed by atoms with Crippen molar-refractivity contribution in [2.24, 2.45) is 11.7 Å². The van der Waals surface area contributed by atoms with E-state index in [9.17, 15) is 9.59 Å². The van der Waals surface area contributed by atoms with E-state index >= 15 is 0 Å². The summed E-state index contributed by atoms with van der Waals surface area (Å²) in [7, 11) is 3.18. The Morgan fingerprint density at radius 1 is 1.37 bits per heavy atom. The number of amides is 1. The lowest BCUT2D eigenvalue weighted by molar-refractivity contribution is -0.145. The highest BCUT2D eigenvalue weighted by molar-refractivity contribution is 5.85. The molecule has 1 amide bonds. The lowest BCUT2D eigenvalue weighted by atomic mass is 10.0. The number of hydrogen-bond acceptors (Lipinski definition) is 5. The van der Waals surface area contributed by atoms with E-state index in [1.165, 1.54) is 7.11 Å². The summed E-state index contributed by atoms with van der Waals surface area (Å²) in [5.41, 5.74) is 5.41. The molecule has 19 heavy (non-hydrogen) atoms. The number of carbonyl (C=O) groups is 2. The summed E-state index contributed by atoms with van der Waals surface area (Å²) in [6.45, 7) is 5.61. The maximum Gasteiger partial charge on any atom is 0.328 e. The topological polar surface area (TPSA) is 84.7 Å². The molecule has 0 fully saturated rings. The van der Waals surface area contributed by atoms with Gasteiger partial charge < -0.3 is 15.8 Å². The summed E-state index contributed by atoms with van der Waals surface area (Å²) in [5.74, 6) is -0.262. The third-order valence-electron chi connectivity index (χ3n) is 2.69. The molecule has 0 spiro atoms. The van der Waals surface area contributed by atoms with Gasteiger partial charge in [0.15, 0.2) is 0 Å². The fourth-order valence-electron chi connectivity index (χ4n) is 1.75. The average Bonchev–Trinajstić information content (AvgIpc) is 2.33. The minimum absolute atomic E-state index is 0.171. The third-order valence-corrected chi connectivity index (χ3v) is 2.69. The number of rotatable bonds is 9. The molecule has 0 aliphatic rings. The van der Waals surface area contributed by atoms with Crippen LogP contribution in [0.4, 0.5) is 0 Å². The molecule has 0 aromatic rings. The first-order valence-corrected chi connectivity index (χ1v) is 6.66. The summed E-state index contributed by atoms with van der Waals surface area (Å²) >= 11 is 0. The van der Waals surface area contributed by atoms with Gasteiger partial charge in [-0.25, -0.2) is 4.79 Å². The second-order valence-electron chi connectivity index (χ2n) is 5.15. The van der Waals surface area contributed by atoms with Crippen molar-refractivity contribution in [2.75, 3.05) is 33.8 Å². The minimum Gasteiger partial charge on any atom is -0.467 e. The monoisotopic (exact) mass is 273 g/mol. The molecule has 0 bridgehead atoms. The molecule has 1 unspecified atom stereocenters. The van der Waals surface area contributed by atoms with E-state index in [0.29, 0.717) is 18.9 Å². The van der Waals surface area contributed by atoms with E-state index in [2.05, 4.69) is 5.32 Å². The average molecular weight is 273 g/mol. The fraction of sp³-hybridized carbons (Fsp3) is 0.846. The number of carbonyl (C=O) groups excluding carboxylic acids is 2. The molecule has 112 valence electrons. The molecule has 0 heterocycles. The van der Waals surface area contributed by atoms with Gasteiger partial charge in [-0.2, -0.15) is 0 Å². The maximum absolute atomic E-state index is 11.8. The van der Waals surface area contributed by atoms with Crippen LogP contribution in [0.2, 0.25) is 0 Å². The molecule has 0 aromatic carbocycles. The Bertz CT molecular complexity index is 282. The SMILES string of the molecule is COC(=O)C(CC(C)C)NC(=O)CN(C)CCCN. The molecular formula is C13H27N3O3. The van der Waals surface area contributed by atoms with E-state index in [0.717, 1.165) is 13.0 Å². The van der Waals surface area contributed by atoms with Crippen LogP contribution < -0.4 is 11.1 Å². The molecule has 0 saturated carbocycles. The smallest absolute Gasteiger partial charge is 0.328 e. The number of nitrogens with two attached hydrogens (primary N) is 1. The van der Waals surface area contributed by atoms with Gasteiger partial charge in [0.1, 0.15) is 6.04 Å². The van der Waals surface area contributed by atoms with Crippen molar-refractivity contribution in [3.8, 4) is 0 Å². The summed E-state index contributed by atoms with van der Waals surface area (Å²) in [5, 5.41) is 2.72. The van der Waals surface area contributed by atoms with Crippen LogP contribution in [-0.2, 0) is 14.3 Å². The molecule has 0 radical (unpaired) electrons. The minimum atomic E-state index is -0.569. The lowest BCUT2D eigenvalue weighted by Gasteiger charge is -2.21. The van der Waals surface area contributed by atoms with Crippen LogP contribution in [0.15, 0.2) is 0 Å². The predicted molar refractivity (Wildman–Crippen MR) is 74.6 cm³/mol. The highest BCUT2D eigenvalue weighted by atomic mass is 16.5. The standard InChI is InChI=1S/C13H27N3O3/c1-10(2)8-11(13(18)19-4)15-12(17)9-16(3)7-5-6-14/h10-11H,5-9,14H2,1-4H3,(H,15,17). The molecule has 0 rings (SSSR count). The molecule has 0 aliphatic heterocycles. The summed E-state index contributed by atoms with van der Waals surface area (Å²) in [6, 6.07) is -0.569. The molecule has 0 saturated heterocycles. The second kappa shape index (κ2) is 9.75. The van der Waals surface area contributed by atoms with Gasteiger partial charge in [-0.15, -0.1) is 0 Å². The number of hydrogen-bond donors (Lipinski definition) is 2. The maximum atomic E-state index is 11.8. The van der Waals surface area contributed by atoms with Gasteiger partial charge in [0.05, 0.1) is 13.7 Å². The predicted octanol–water partition coefficient (Wildman–Crippen LogP) is -0.0291. The highest BCUT2D eigenvalue weighted by Gasteiger charge is 2.22. The van der Waals surface area contributed by atoms with Crippen molar-refractivity contribution in [3.05, 3.63) is 0 Å². The Morgan fingerprint density at radius 3 is 2.47 bits per heavy atom. The number of likely N-dealkylation sites (N-methyl/N-ethyl adjacent to an activating group) is 1. The van der Waals surface area contributed by atoms with Crippen LogP contribution in [0.5, 0.6) is 0 Å². The summed E-state index contributed by atoms with van der Waals surface area (Å²) in [4.78, 5) is 25.3. The highest BCUT2D eigenvalue weighted by Crippen LogP contribution is 2.06. The molecule has 1 atom stereocenters. The number of nitrogens with one attached hydrogen (secondary N) is 1. The fourth-order valence-corrected chi connectivity index (χ4v) is 1.75. The van der Waals surface area contributed by atoms with Gasteiger partial charge in [0.2, 0.25) is 5.91 Å². The van der Waals surface area contributed by atoms with Crippen LogP contribution in [0, 0.1) is 5.92 Å². The zero-order valence-corrected chi connectivity index (χ0v) is 12.4. The van der Waals surface area contributed by atoms with Crippen molar-refractivity contribution >= 4 is 11.9 Å². The molecular weight excluding hydrogens is 246 g/mol. The van der Waals surface area contributed by atoms with E-state index in [-0.39, 0.29) is 12.5 Å². The van der Waals surface area contributed by atoms with Gasteiger partial charge in [0.25, 0.3) is 0 Å². The van der Waals surface area contributed by atoms with Crippen LogP contribution in [0.25, 0.3) is 0 Å². The van der Waals surface area contributed by atoms with Gasteiger partial charge in [-0.1, -0.05) is 13.8 Å². The zero-order chi connectivity index (χ0) is 14.8. The lowest BCUT2D eigenvalue weighted by Crippen LogP contribution is -2.46. The van der Waals surface area contributed by atoms with Gasteiger partial charge >= 0.3 is 5.97 Å². The first-order chi connectivity index (χ1) is 8.90. The summed E-state index contributed by atoms with van der Waals surface area (Å²) < 4.78 is 4.70. The number of esters is 1. The van der Waals surface area contributed by atoms with Crippen LogP contribution in [0.3, 0.4) is 0 Å². The summed E-state index contributed by atoms with van der Waals surface area (Å²) in [6.07, 6.45) is 1.42. The van der Waals surface area contributed by atoms with Crippen molar-refractivity contribution < 1.29 is 14.3 Å². The second-order valence-corrected chi connectivity index (χ2v) is 5.15. The van der Waals surface area contributed by atoms with Gasteiger partial charge in [0, 0.05) is 0 Å². The van der Waals surface area contributed by atoms with E-state index in [4.69, 9.17) is 10.5 Å². The molecule has 0 aromatic heterocycles. The van der Waals surface area contributed by atoms with Crippen molar-refractivity contribution in [1.29, 1.82) is 0 Å². The first-order valence-electron chi connectivity index (χ1n) is 6.66. The molecule has 6 heteroatoms. The molecule has 0 aliphatic carbocycles. The van der Waals surface area contributed by atoms with Gasteiger partial charge in [-0.3, -0.25) is 9.69 Å². The number of ether oxygens (including phenoxy) is 1. The number of nitrogens with zero attached hydrogens (tertiary/aromatic N) is 1. The van der Waals surface area contributed by atoms with Crippen LogP contribution in [0.1, 0.15) is 26.7 Å². The number of methoxy groups -OCH3 is 1. The van der Waals surface area contributed by atoms with Crippen LogP contribution >= 0.6 is 0 Å². The molecule has 6 nitrogen and oxygen atoms in total. The van der Waals surface area contributed by atoms with Crippen LogP contribution in [-0.4, -0.2) is 56.6 Å². The third kappa shape index (κ3) is 8.56.